The fraction of sp³-hybridized carbons (Fsp3) is 0.217. The summed E-state index contributed by atoms with van der Waals surface area (Å²) in [5, 5.41) is 13.1. The van der Waals surface area contributed by atoms with Crippen LogP contribution in [0.25, 0.3) is 0 Å². The Balaban J connectivity index is 1.76. The Kier molecular flexibility index (Phi) is 6.49. The second-order valence-corrected chi connectivity index (χ2v) is 8.67. The lowest BCUT2D eigenvalue weighted by atomic mass is 9.85. The third-order valence-corrected chi connectivity index (χ3v) is 6.36. The lowest BCUT2D eigenvalue weighted by Crippen LogP contribution is -2.52. The van der Waals surface area contributed by atoms with Crippen LogP contribution >= 0.6 is 23.2 Å². The number of amides is 3. The molecule has 2 aromatic rings. The quantitative estimate of drug-likeness (QED) is 0.193. The van der Waals surface area contributed by atoms with Crippen molar-refractivity contribution in [2.75, 3.05) is 6.54 Å². The number of nitrogens with zero attached hydrogens (tertiary/aromatic N) is 3. The number of fused-ring (bicyclic) bond motifs is 1. The van der Waals surface area contributed by atoms with Gasteiger partial charge in [-0.15, -0.1) is 0 Å². The molecule has 0 N–H and O–H groups in total. The first-order valence-electron chi connectivity index (χ1n) is 10.3. The highest BCUT2D eigenvalue weighted by Gasteiger charge is 2.51. The molecule has 9 nitrogen and oxygen atoms in total. The molecule has 2 aliphatic rings. The molecule has 0 saturated carbocycles. The molecule has 3 amide bonds. The van der Waals surface area contributed by atoms with Crippen LogP contribution in [0.1, 0.15) is 33.6 Å². The number of Topliss-reactive ketones (excluding diaryl/α,β-unsaturated/α-hetero) is 1. The highest BCUT2D eigenvalue weighted by molar-refractivity contribution is 6.37. The van der Waals surface area contributed by atoms with Gasteiger partial charge in [-0.25, -0.2) is 5.01 Å². The normalized spacial score (nSPS) is 19.2. The Morgan fingerprint density at radius 1 is 1.00 bits per heavy atom. The van der Waals surface area contributed by atoms with Gasteiger partial charge >= 0.3 is 0 Å². The summed E-state index contributed by atoms with van der Waals surface area (Å²) in [6, 6.07) is 9.25. The summed E-state index contributed by atoms with van der Waals surface area (Å²) in [5.74, 6) is -4.33. The van der Waals surface area contributed by atoms with Crippen molar-refractivity contribution in [3.63, 3.8) is 0 Å². The van der Waals surface area contributed by atoms with Crippen LogP contribution in [-0.4, -0.2) is 45.0 Å². The molecular formula is C23H17Cl2N3O6. The molecule has 0 bridgehead atoms. The molecule has 1 heterocycles. The Bertz CT molecular complexity index is 1240. The largest absolute Gasteiger partial charge is 0.292 e. The molecule has 1 aliphatic carbocycles. The average molecular weight is 502 g/mol. The maximum absolute atomic E-state index is 13.5. The summed E-state index contributed by atoms with van der Waals surface area (Å²) in [6.07, 6.45) is 4.19. The maximum atomic E-state index is 13.5. The molecule has 174 valence electrons. The van der Waals surface area contributed by atoms with Gasteiger partial charge in [-0.1, -0.05) is 47.5 Å². The predicted molar refractivity (Wildman–Crippen MR) is 122 cm³/mol. The number of nitro groups is 1. The van der Waals surface area contributed by atoms with E-state index < -0.39 is 52.5 Å². The Labute approximate surface area is 203 Å². The molecule has 1 saturated heterocycles. The number of carbonyl (C=O) groups is 4. The van der Waals surface area contributed by atoms with Gasteiger partial charge in [0.2, 0.25) is 0 Å². The summed E-state index contributed by atoms with van der Waals surface area (Å²) >= 11 is 12.0. The number of imide groups is 1. The van der Waals surface area contributed by atoms with Crippen LogP contribution < -0.4 is 0 Å². The zero-order valence-corrected chi connectivity index (χ0v) is 19.0. The van der Waals surface area contributed by atoms with Crippen LogP contribution in [0.5, 0.6) is 0 Å². The third kappa shape index (κ3) is 4.20. The van der Waals surface area contributed by atoms with Gasteiger partial charge in [0, 0.05) is 16.7 Å². The number of ketones is 1. The second kappa shape index (κ2) is 9.36. The number of allylic oxidation sites excluding steroid dienone is 2. The van der Waals surface area contributed by atoms with Crippen molar-refractivity contribution >= 4 is 52.4 Å². The van der Waals surface area contributed by atoms with Gasteiger partial charge in [-0.3, -0.25) is 29.3 Å². The van der Waals surface area contributed by atoms with Gasteiger partial charge < -0.3 is 0 Å². The fourth-order valence-electron chi connectivity index (χ4n) is 4.14. The molecule has 2 aromatic carbocycles. The average Bonchev–Trinajstić information content (AvgIpc) is 3.07. The van der Waals surface area contributed by atoms with Crippen molar-refractivity contribution in [1.82, 2.24) is 10.0 Å². The molecule has 2 atom stereocenters. The monoisotopic (exact) mass is 501 g/mol. The van der Waals surface area contributed by atoms with Crippen molar-refractivity contribution in [1.29, 1.82) is 0 Å². The number of nitro benzene ring substituents is 1. The Hall–Kier alpha value is -3.56. The Morgan fingerprint density at radius 2 is 1.62 bits per heavy atom. The van der Waals surface area contributed by atoms with Crippen molar-refractivity contribution in [3.8, 4) is 0 Å². The summed E-state index contributed by atoms with van der Waals surface area (Å²) < 4.78 is 0. The summed E-state index contributed by atoms with van der Waals surface area (Å²) in [4.78, 5) is 63.7. The smallest absolute Gasteiger partial charge is 0.282 e. The zero-order valence-electron chi connectivity index (χ0n) is 17.5. The summed E-state index contributed by atoms with van der Waals surface area (Å²) in [5.41, 5.74) is -0.867. The highest BCUT2D eigenvalue weighted by Crippen LogP contribution is 2.37. The number of para-hydroxylation sites is 1. The lowest BCUT2D eigenvalue weighted by molar-refractivity contribution is -0.385. The molecule has 0 aromatic heterocycles. The van der Waals surface area contributed by atoms with Crippen LogP contribution in [0.15, 0.2) is 54.6 Å². The van der Waals surface area contributed by atoms with Gasteiger partial charge in [-0.05, 0) is 37.1 Å². The summed E-state index contributed by atoms with van der Waals surface area (Å²) in [6.45, 7) is -0.740. The highest BCUT2D eigenvalue weighted by atomic mass is 35.5. The first kappa shape index (κ1) is 23.6. The Morgan fingerprint density at radius 3 is 2.21 bits per heavy atom. The van der Waals surface area contributed by atoms with Gasteiger partial charge in [0.15, 0.2) is 5.78 Å². The van der Waals surface area contributed by atoms with E-state index in [0.717, 1.165) is 6.07 Å². The van der Waals surface area contributed by atoms with Crippen LogP contribution in [0.3, 0.4) is 0 Å². The number of halogens is 2. The molecule has 4 rings (SSSR count). The third-order valence-electron chi connectivity index (χ3n) is 5.82. The van der Waals surface area contributed by atoms with Crippen LogP contribution in [-0.2, 0) is 9.59 Å². The number of hydrogen-bond acceptors (Lipinski definition) is 6. The maximum Gasteiger partial charge on any atom is 0.282 e. The topological polar surface area (TPSA) is 118 Å². The minimum absolute atomic E-state index is 0.0182. The fourth-order valence-corrected chi connectivity index (χ4v) is 4.66. The van der Waals surface area contributed by atoms with E-state index in [1.165, 1.54) is 36.4 Å². The van der Waals surface area contributed by atoms with E-state index in [2.05, 4.69) is 0 Å². The molecule has 1 fully saturated rings. The molecule has 34 heavy (non-hydrogen) atoms. The molecular weight excluding hydrogens is 485 g/mol. The first-order chi connectivity index (χ1) is 16.2. The van der Waals surface area contributed by atoms with E-state index in [9.17, 15) is 29.3 Å². The van der Waals surface area contributed by atoms with E-state index in [0.29, 0.717) is 22.9 Å². The van der Waals surface area contributed by atoms with Crippen LogP contribution in [0.2, 0.25) is 10.0 Å². The van der Waals surface area contributed by atoms with Crippen molar-refractivity contribution in [2.45, 2.75) is 12.8 Å². The number of carbonyl (C=O) groups excluding carboxylic acids is 4. The van der Waals surface area contributed by atoms with Crippen LogP contribution in [0.4, 0.5) is 5.69 Å². The number of hydrazine groups is 1. The SMILES string of the molecule is O=C(CN(C(=O)c1ccccc1[N+](=O)[O-])N1C(=O)[C@H]2CC=CC[C@@H]2C1=O)c1ccc(Cl)cc1Cl. The van der Waals surface area contributed by atoms with E-state index in [1.54, 1.807) is 12.2 Å². The standard InChI is InChI=1S/C23H17Cl2N3O6/c24-13-9-10-16(18(25)11-13)20(29)12-26(21(30)17-7-3-4-8-19(17)28(33)34)27-22(31)14-5-1-2-6-15(14)23(27)32/h1-4,7-11,14-15H,5-6,12H2/t14-,15-/m0/s1. The van der Waals surface area contributed by atoms with Gasteiger partial charge in [-0.2, -0.15) is 5.01 Å². The van der Waals surface area contributed by atoms with Gasteiger partial charge in [0.25, 0.3) is 23.4 Å². The number of hydrogen-bond donors (Lipinski definition) is 0. The minimum atomic E-state index is -1.03. The van der Waals surface area contributed by atoms with E-state index in [4.69, 9.17) is 23.2 Å². The molecule has 1 aliphatic heterocycles. The van der Waals surface area contributed by atoms with Crippen molar-refractivity contribution in [2.24, 2.45) is 11.8 Å². The molecule has 0 radical (unpaired) electrons. The van der Waals surface area contributed by atoms with Crippen molar-refractivity contribution in [3.05, 3.63) is 85.9 Å². The number of benzene rings is 2. The lowest BCUT2D eigenvalue weighted by Gasteiger charge is -2.30. The first-order valence-corrected chi connectivity index (χ1v) is 11.0. The second-order valence-electron chi connectivity index (χ2n) is 7.83. The van der Waals surface area contributed by atoms with E-state index >= 15 is 0 Å². The van der Waals surface area contributed by atoms with Crippen LogP contribution in [0, 0.1) is 22.0 Å². The van der Waals surface area contributed by atoms with Gasteiger partial charge in [0.05, 0.1) is 21.8 Å². The van der Waals surface area contributed by atoms with Gasteiger partial charge in [0.1, 0.15) is 12.1 Å². The predicted octanol–water partition coefficient (Wildman–Crippen LogP) is 4.09. The molecule has 11 heteroatoms. The van der Waals surface area contributed by atoms with Crippen molar-refractivity contribution < 1.29 is 24.1 Å². The number of rotatable bonds is 6. The zero-order chi connectivity index (χ0) is 24.6. The molecule has 0 spiro atoms. The molecule has 0 unspecified atom stereocenters. The van der Waals surface area contributed by atoms with E-state index in [1.807, 2.05) is 0 Å². The van der Waals surface area contributed by atoms with E-state index in [-0.39, 0.29) is 21.2 Å². The summed E-state index contributed by atoms with van der Waals surface area (Å²) in [7, 11) is 0. The minimum Gasteiger partial charge on any atom is -0.292 e.